The van der Waals surface area contributed by atoms with Gasteiger partial charge in [-0.3, -0.25) is 0 Å². The molecule has 0 saturated carbocycles. The standard InChI is InChI=1S/C8H6.C4H6OSi2/c1-2-4-8-6-5-7(8)3-1;1-3-7(4-2)5-6/h1-6H;3-4H,1-2H2. The predicted molar refractivity (Wildman–Crippen MR) is 68.4 cm³/mol. The molecule has 0 fully saturated rings. The van der Waals surface area contributed by atoms with Crippen LogP contribution in [0.5, 0.6) is 0 Å². The van der Waals surface area contributed by atoms with Gasteiger partial charge in [-0.15, -0.1) is 13.2 Å². The molecule has 15 heavy (non-hydrogen) atoms. The van der Waals surface area contributed by atoms with Crippen LogP contribution < -0.4 is 0 Å². The van der Waals surface area contributed by atoms with Gasteiger partial charge in [-0.1, -0.05) is 47.8 Å². The fraction of sp³-hybridized carbons (Fsp3) is 0. The van der Waals surface area contributed by atoms with Gasteiger partial charge in [-0.05, 0) is 11.1 Å². The summed E-state index contributed by atoms with van der Waals surface area (Å²) >= 11 is 0. The highest BCUT2D eigenvalue weighted by Crippen LogP contribution is 2.21. The molecule has 2 rings (SSSR count). The van der Waals surface area contributed by atoms with Gasteiger partial charge in [0.15, 0.2) is 0 Å². The van der Waals surface area contributed by atoms with Crippen LogP contribution in [0.15, 0.2) is 48.8 Å². The average molecular weight is 228 g/mol. The Hall–Kier alpha value is -1.17. The molecule has 0 spiro atoms. The monoisotopic (exact) mass is 228 g/mol. The Labute approximate surface area is 96.1 Å². The summed E-state index contributed by atoms with van der Waals surface area (Å²) in [5.74, 6) is 0. The third kappa shape index (κ3) is 3.47. The number of rotatable bonds is 3. The second-order valence-corrected chi connectivity index (χ2v) is 5.31. The van der Waals surface area contributed by atoms with Gasteiger partial charge < -0.3 is 4.12 Å². The van der Waals surface area contributed by atoms with Gasteiger partial charge in [0.2, 0.25) is 10.5 Å². The molecule has 0 bridgehead atoms. The molecule has 74 valence electrons. The Kier molecular flexibility index (Phi) is 5.03. The fourth-order valence-electron chi connectivity index (χ4n) is 1.06. The van der Waals surface area contributed by atoms with E-state index in [1.54, 1.807) is 11.4 Å². The summed E-state index contributed by atoms with van der Waals surface area (Å²) in [7, 11) is 1.96. The van der Waals surface area contributed by atoms with E-state index in [4.69, 9.17) is 4.12 Å². The summed E-state index contributed by atoms with van der Waals surface area (Å²) in [6.07, 6.45) is 4.24. The molecular weight excluding hydrogens is 216 g/mol. The van der Waals surface area contributed by atoms with Crippen molar-refractivity contribution in [3.05, 3.63) is 59.9 Å². The third-order valence-corrected chi connectivity index (χ3v) is 3.71. The third-order valence-electron chi connectivity index (χ3n) is 1.96. The largest absolute Gasteiger partial charge is 0.451 e. The minimum Gasteiger partial charge on any atom is -0.451 e. The van der Waals surface area contributed by atoms with E-state index in [2.05, 4.69) is 60.1 Å². The van der Waals surface area contributed by atoms with Crippen molar-refractivity contribution in [3.8, 4) is 0 Å². The molecule has 1 aliphatic carbocycles. The minimum atomic E-state index is -0.921. The van der Waals surface area contributed by atoms with Crippen LogP contribution in [0.1, 0.15) is 11.1 Å². The van der Waals surface area contributed by atoms with Gasteiger partial charge in [-0.2, -0.15) is 0 Å². The molecule has 1 aromatic carbocycles. The smallest absolute Gasteiger partial charge is 0.254 e. The summed E-state index contributed by atoms with van der Waals surface area (Å²) in [5, 5.41) is 0. The zero-order valence-electron chi connectivity index (χ0n) is 8.44. The quantitative estimate of drug-likeness (QED) is 0.734. The lowest BCUT2D eigenvalue weighted by Gasteiger charge is -2.06. The van der Waals surface area contributed by atoms with Crippen molar-refractivity contribution in [3.63, 3.8) is 0 Å². The predicted octanol–water partition coefficient (Wildman–Crippen LogP) is 2.70. The highest BCUT2D eigenvalue weighted by atomic mass is 28.3. The summed E-state index contributed by atoms with van der Waals surface area (Å²) < 4.78 is 4.72. The topological polar surface area (TPSA) is 9.23 Å². The lowest BCUT2D eigenvalue weighted by molar-refractivity contribution is 0.659. The summed E-state index contributed by atoms with van der Waals surface area (Å²) in [6.45, 7) is 7.04. The number of hydrogen-bond donors (Lipinski definition) is 0. The van der Waals surface area contributed by atoms with Gasteiger partial charge in [-0.25, -0.2) is 0 Å². The fourth-order valence-corrected chi connectivity index (χ4v) is 1.90. The molecule has 0 aromatic heterocycles. The first-order valence-electron chi connectivity index (χ1n) is 4.54. The van der Waals surface area contributed by atoms with E-state index in [1.165, 1.54) is 11.1 Å². The second-order valence-electron chi connectivity index (χ2n) is 2.87. The van der Waals surface area contributed by atoms with Gasteiger partial charge in [0.1, 0.15) is 0 Å². The maximum Gasteiger partial charge on any atom is 0.254 e. The molecule has 0 saturated heterocycles. The van der Waals surface area contributed by atoms with Crippen LogP contribution in [0.25, 0.3) is 12.2 Å². The minimum absolute atomic E-state index is 0.921. The van der Waals surface area contributed by atoms with Crippen LogP contribution in [-0.2, 0) is 4.12 Å². The zero-order valence-corrected chi connectivity index (χ0v) is 10.4. The molecular formula is C12H12OSi2. The van der Waals surface area contributed by atoms with Crippen LogP contribution in [0.4, 0.5) is 0 Å². The molecule has 1 aliphatic rings. The number of fused-ring (bicyclic) bond motifs is 1. The molecule has 0 heterocycles. The van der Waals surface area contributed by atoms with E-state index in [9.17, 15) is 0 Å². The van der Waals surface area contributed by atoms with Gasteiger partial charge in [0.05, 0.1) is 0 Å². The van der Waals surface area contributed by atoms with E-state index in [0.29, 0.717) is 0 Å². The van der Waals surface area contributed by atoms with Gasteiger partial charge in [0, 0.05) is 0 Å². The highest BCUT2D eigenvalue weighted by Gasteiger charge is 1.99. The normalized spacial score (nSPS) is 10.8. The Balaban J connectivity index is 0.000000153. The van der Waals surface area contributed by atoms with E-state index < -0.39 is 9.04 Å². The van der Waals surface area contributed by atoms with Crippen LogP contribution in [0.2, 0.25) is 0 Å². The molecule has 0 aliphatic heterocycles. The van der Waals surface area contributed by atoms with Gasteiger partial charge in [0.25, 0.3) is 9.04 Å². The van der Waals surface area contributed by atoms with Crippen molar-refractivity contribution >= 4 is 31.7 Å². The first kappa shape index (κ1) is 11.9. The molecule has 0 N–H and O–H groups in total. The van der Waals surface area contributed by atoms with Crippen molar-refractivity contribution < 1.29 is 4.12 Å². The van der Waals surface area contributed by atoms with Crippen molar-refractivity contribution in [2.24, 2.45) is 0 Å². The SMILES string of the molecule is C1=Cc2ccccc21.C=C[Si](C=C)O[Si]. The Bertz CT molecular complexity index is 339. The zero-order chi connectivity index (χ0) is 11.1. The summed E-state index contributed by atoms with van der Waals surface area (Å²) in [5.41, 5.74) is 6.22. The first-order chi connectivity index (χ1) is 7.31. The molecule has 1 nitrogen and oxygen atoms in total. The van der Waals surface area contributed by atoms with Crippen molar-refractivity contribution in [1.29, 1.82) is 0 Å². The Morgan fingerprint density at radius 1 is 1.07 bits per heavy atom. The maximum absolute atomic E-state index is 4.72. The van der Waals surface area contributed by atoms with Crippen molar-refractivity contribution in [1.82, 2.24) is 0 Å². The van der Waals surface area contributed by atoms with Crippen LogP contribution in [0, 0.1) is 0 Å². The first-order valence-corrected chi connectivity index (χ1v) is 6.51. The molecule has 4 radical (unpaired) electrons. The van der Waals surface area contributed by atoms with Crippen molar-refractivity contribution in [2.45, 2.75) is 0 Å². The lowest BCUT2D eigenvalue weighted by Crippen LogP contribution is -2.08. The molecule has 0 unspecified atom stereocenters. The van der Waals surface area contributed by atoms with E-state index >= 15 is 0 Å². The van der Waals surface area contributed by atoms with Crippen LogP contribution in [-0.4, -0.2) is 19.5 Å². The molecule has 3 heteroatoms. The van der Waals surface area contributed by atoms with E-state index in [0.717, 1.165) is 0 Å². The number of hydrogen-bond acceptors (Lipinski definition) is 1. The molecule has 0 amide bonds. The van der Waals surface area contributed by atoms with E-state index in [-0.39, 0.29) is 0 Å². The number of benzene rings is 1. The van der Waals surface area contributed by atoms with Gasteiger partial charge >= 0.3 is 0 Å². The highest BCUT2D eigenvalue weighted by molar-refractivity contribution is 6.65. The summed E-state index contributed by atoms with van der Waals surface area (Å²) in [6, 6.07) is 8.36. The summed E-state index contributed by atoms with van der Waals surface area (Å²) in [4.78, 5) is 0. The van der Waals surface area contributed by atoms with Crippen molar-refractivity contribution in [2.75, 3.05) is 0 Å². The average Bonchev–Trinajstić information content (AvgIpc) is 2.24. The van der Waals surface area contributed by atoms with E-state index in [1.807, 2.05) is 0 Å². The molecule has 1 aromatic rings. The van der Waals surface area contributed by atoms with Crippen LogP contribution in [0.3, 0.4) is 0 Å². The Morgan fingerprint density at radius 3 is 1.67 bits per heavy atom. The Morgan fingerprint density at radius 2 is 1.53 bits per heavy atom. The maximum atomic E-state index is 4.72. The van der Waals surface area contributed by atoms with Crippen LogP contribution >= 0.6 is 0 Å². The molecule has 0 atom stereocenters. The second kappa shape index (κ2) is 6.34. The lowest BCUT2D eigenvalue weighted by atomic mass is 9.99.